The number of hydrogen-bond acceptors (Lipinski definition) is 11. The van der Waals surface area contributed by atoms with E-state index >= 15 is 0 Å². The number of hydrogen-bond donors (Lipinski definition) is 3. The summed E-state index contributed by atoms with van der Waals surface area (Å²) in [4.78, 5) is 68.9. The van der Waals surface area contributed by atoms with E-state index in [1.807, 2.05) is 6.07 Å². The van der Waals surface area contributed by atoms with Gasteiger partial charge in [-0.3, -0.25) is 23.7 Å². The van der Waals surface area contributed by atoms with Crippen LogP contribution in [0, 0.1) is 0 Å². The fraction of sp³-hybridized carbons (Fsp3) is 0.348. The van der Waals surface area contributed by atoms with Crippen molar-refractivity contribution in [3.63, 3.8) is 0 Å². The smallest absolute Gasteiger partial charge is 0.416 e. The number of carbonyl (C=O) groups is 3. The number of likely N-dealkylation sites (tertiary alicyclic amines) is 2. The molecule has 526 valence electrons. The Morgan fingerprint density at radius 2 is 0.859 bits per heavy atom. The van der Waals surface area contributed by atoms with Crippen molar-refractivity contribution < 1.29 is 91.1 Å². The quantitative estimate of drug-likeness (QED) is 0.0480. The van der Waals surface area contributed by atoms with Gasteiger partial charge in [0, 0.05) is 13.1 Å². The molecule has 3 N–H and O–H groups in total. The number of halogens is 12. The predicted molar refractivity (Wildman–Crippen MR) is 332 cm³/mol. The van der Waals surface area contributed by atoms with Crippen molar-refractivity contribution in [2.75, 3.05) is 26.3 Å². The van der Waals surface area contributed by atoms with Crippen LogP contribution in [-0.4, -0.2) is 88.9 Å². The van der Waals surface area contributed by atoms with Gasteiger partial charge in [0.25, 0.3) is 0 Å². The molecule has 2 aromatic heterocycles. The van der Waals surface area contributed by atoms with Gasteiger partial charge in [0.15, 0.2) is 0 Å². The lowest BCUT2D eigenvalue weighted by atomic mass is 9.73. The van der Waals surface area contributed by atoms with Crippen LogP contribution >= 0.6 is 0 Å². The standard InChI is InChI=1S/C35H34F6N4O4.C34H32F6N4O6/c1-3-14-32(45-23-42-43-30(45)46)15-16-33(27-12-8-5-9-13-27,44(21-32)31(47)48-20-25-10-6-4-7-11-25)22-49-24(2)26-17-28(34(36,37)38)19-29(18-26)35(39,40)41;1-22(24-14-26(33(35,36)37)16-27(15-24)34(38,39)40)50-20-32(25-10-6-3-7-11-25)13-12-31(17-28(45)46,44-21-41-42-29(44)47)19-43(32)30(48)49-18-23-8-4-2-5-9-23/h3-13,17-19,23-24H,1,14-16,20-22H2,2H3,(H,43,46);2-11,14-16,21-22H,12-13,17-20H2,1H3,(H,42,47)(H,45,46)/t24-,32+,33-;22-,31-,32-/m11/s1. The third-order valence-corrected chi connectivity index (χ3v) is 17.9. The highest BCUT2D eigenvalue weighted by Gasteiger charge is 2.56. The Morgan fingerprint density at radius 3 is 1.18 bits per heavy atom. The number of allylic oxidation sites excluding steroid dienone is 1. The summed E-state index contributed by atoms with van der Waals surface area (Å²) >= 11 is 0. The summed E-state index contributed by atoms with van der Waals surface area (Å²) in [6, 6.07) is 37.1. The van der Waals surface area contributed by atoms with Gasteiger partial charge in [0.2, 0.25) is 0 Å². The Labute approximate surface area is 557 Å². The fourth-order valence-corrected chi connectivity index (χ4v) is 12.6. The number of carbonyl (C=O) groups excluding carboxylic acids is 2. The molecule has 2 amide bonds. The van der Waals surface area contributed by atoms with Crippen LogP contribution in [0.4, 0.5) is 62.3 Å². The van der Waals surface area contributed by atoms with E-state index in [0.717, 1.165) is 10.9 Å². The largest absolute Gasteiger partial charge is 0.481 e. The van der Waals surface area contributed by atoms with Crippen LogP contribution in [-0.2, 0) is 83.8 Å². The Balaban J connectivity index is 0.000000231. The monoisotopic (exact) mass is 1390 g/mol. The SMILES string of the molecule is C=CC[C@]1(n2cn[nH]c2=O)CC[C@@](CO[C@H](C)c2cc(C(F)(F)F)cc(C(F)(F)F)c2)(c2ccccc2)N(C(=O)OCc2ccccc2)C1.C[C@@H](OC[C@@]1(c2ccccc2)CC[C@](CC(=O)O)(n2cn[nH]c2=O)CN1C(=O)OCc1ccccc1)c1cc(C(F)(F)F)cc(C(F)(F)F)c1. The van der Waals surface area contributed by atoms with Crippen LogP contribution in [0.2, 0.25) is 0 Å². The summed E-state index contributed by atoms with van der Waals surface area (Å²) in [7, 11) is 0. The number of carboxylic acids is 1. The Hall–Kier alpha value is -9.97. The molecule has 18 nitrogen and oxygen atoms in total. The van der Waals surface area contributed by atoms with E-state index in [-0.39, 0.29) is 76.2 Å². The molecule has 0 spiro atoms. The molecule has 0 bridgehead atoms. The van der Waals surface area contributed by atoms with Gasteiger partial charge < -0.3 is 24.1 Å². The van der Waals surface area contributed by atoms with E-state index in [9.17, 15) is 81.8 Å². The molecule has 8 aromatic rings. The zero-order valence-electron chi connectivity index (χ0n) is 52.9. The Kier molecular flexibility index (Phi) is 21.9. The average Bonchev–Trinajstić information content (AvgIpc) is 1.60. The second-order valence-electron chi connectivity index (χ2n) is 24.2. The molecule has 0 saturated carbocycles. The molecular formula is C69H66F12N8O10. The number of aromatic amines is 2. The third kappa shape index (κ3) is 16.8. The highest BCUT2D eigenvalue weighted by Crippen LogP contribution is 2.49. The number of nitrogens with zero attached hydrogens (tertiary/aromatic N) is 6. The maximum Gasteiger partial charge on any atom is 0.416 e. The van der Waals surface area contributed by atoms with E-state index in [1.165, 1.54) is 34.5 Å². The predicted octanol–water partition coefficient (Wildman–Crippen LogP) is 14.9. The molecule has 99 heavy (non-hydrogen) atoms. The molecule has 6 atom stereocenters. The van der Waals surface area contributed by atoms with Crippen molar-refractivity contribution in [1.82, 2.24) is 39.3 Å². The first-order valence-electron chi connectivity index (χ1n) is 30.7. The molecule has 10 rings (SSSR count). The first kappa shape index (κ1) is 73.3. The van der Waals surface area contributed by atoms with E-state index in [2.05, 4.69) is 27.0 Å². The number of benzene rings is 6. The summed E-state index contributed by atoms with van der Waals surface area (Å²) in [6.45, 7) is 4.90. The topological polar surface area (TPSA) is 216 Å². The van der Waals surface area contributed by atoms with Crippen LogP contribution in [0.5, 0.6) is 0 Å². The van der Waals surface area contributed by atoms with Crippen LogP contribution < -0.4 is 11.4 Å². The molecule has 30 heteroatoms. The Morgan fingerprint density at radius 1 is 0.525 bits per heavy atom. The second-order valence-corrected chi connectivity index (χ2v) is 24.2. The van der Waals surface area contributed by atoms with Crippen LogP contribution in [0.1, 0.15) is 120 Å². The third-order valence-electron chi connectivity index (χ3n) is 17.9. The molecule has 2 fully saturated rings. The van der Waals surface area contributed by atoms with Crippen molar-refractivity contribution in [3.8, 4) is 0 Å². The van der Waals surface area contributed by atoms with Crippen LogP contribution in [0.15, 0.2) is 193 Å². The number of H-pyrrole nitrogens is 2. The van der Waals surface area contributed by atoms with Crippen molar-refractivity contribution in [3.05, 3.63) is 260 Å². The second kappa shape index (κ2) is 29.6. The minimum Gasteiger partial charge on any atom is -0.481 e. The zero-order chi connectivity index (χ0) is 71.8. The maximum absolute atomic E-state index is 14.2. The van der Waals surface area contributed by atoms with Gasteiger partial charge in [0.05, 0.1) is 76.3 Å². The van der Waals surface area contributed by atoms with Gasteiger partial charge in [-0.05, 0) is 116 Å². The number of aromatic nitrogens is 6. The number of carboxylic acid groups (broad SMARTS) is 1. The molecule has 2 saturated heterocycles. The normalized spacial score (nSPS) is 20.4. The van der Waals surface area contributed by atoms with Gasteiger partial charge in [0.1, 0.15) is 25.9 Å². The number of nitrogens with one attached hydrogen (secondary N) is 2. The lowest BCUT2D eigenvalue weighted by Crippen LogP contribution is -2.64. The lowest BCUT2D eigenvalue weighted by molar-refractivity contribution is -0.145. The number of piperidine rings is 2. The summed E-state index contributed by atoms with van der Waals surface area (Å²) in [5, 5.41) is 22.2. The van der Waals surface area contributed by atoms with Crippen LogP contribution in [0.3, 0.4) is 0 Å². The minimum absolute atomic E-state index is 0.0210. The molecule has 0 unspecified atom stereocenters. The molecule has 4 heterocycles. The molecule has 6 aromatic carbocycles. The van der Waals surface area contributed by atoms with Gasteiger partial charge >= 0.3 is 54.2 Å². The molecule has 2 aliphatic heterocycles. The summed E-state index contributed by atoms with van der Waals surface area (Å²) < 4.78 is 190. The summed E-state index contributed by atoms with van der Waals surface area (Å²) in [5.74, 6) is -1.28. The first-order chi connectivity index (χ1) is 46.7. The molecule has 0 radical (unpaired) electrons. The van der Waals surface area contributed by atoms with E-state index in [1.54, 1.807) is 121 Å². The molecule has 2 aliphatic rings. The van der Waals surface area contributed by atoms with Crippen molar-refractivity contribution in [2.24, 2.45) is 0 Å². The highest BCUT2D eigenvalue weighted by molar-refractivity contribution is 5.72. The lowest BCUT2D eigenvalue weighted by Gasteiger charge is -2.53. The van der Waals surface area contributed by atoms with Gasteiger partial charge in [-0.2, -0.15) is 62.9 Å². The molecular weight excluding hydrogens is 1330 g/mol. The van der Waals surface area contributed by atoms with Gasteiger partial charge in [-0.1, -0.05) is 127 Å². The summed E-state index contributed by atoms with van der Waals surface area (Å²) in [5.41, 5.74) is -10.9. The average molecular weight is 1400 g/mol. The summed E-state index contributed by atoms with van der Waals surface area (Å²) in [6.07, 6.45) is -20.5. The number of aliphatic carboxylic acids is 1. The zero-order valence-corrected chi connectivity index (χ0v) is 52.9. The highest BCUT2D eigenvalue weighted by atomic mass is 19.4. The minimum atomic E-state index is -5.08. The number of ether oxygens (including phenoxy) is 4. The van der Waals surface area contributed by atoms with Crippen LogP contribution in [0.25, 0.3) is 0 Å². The maximum atomic E-state index is 14.2. The van der Waals surface area contributed by atoms with E-state index in [0.29, 0.717) is 46.5 Å². The Bertz CT molecular complexity index is 4140. The van der Waals surface area contributed by atoms with E-state index in [4.69, 9.17) is 18.9 Å². The van der Waals surface area contributed by atoms with Gasteiger partial charge in [-0.25, -0.2) is 29.4 Å². The van der Waals surface area contributed by atoms with Gasteiger partial charge in [-0.15, -0.1) is 6.58 Å². The van der Waals surface area contributed by atoms with E-state index < -0.39 is 136 Å². The first-order valence-corrected chi connectivity index (χ1v) is 30.7. The number of alkyl halides is 12. The van der Waals surface area contributed by atoms with Crippen molar-refractivity contribution in [1.29, 1.82) is 0 Å². The number of rotatable bonds is 20. The number of amides is 2. The van der Waals surface area contributed by atoms with Crippen molar-refractivity contribution in [2.45, 2.75) is 125 Å². The molecule has 0 aliphatic carbocycles. The fourth-order valence-electron chi connectivity index (χ4n) is 12.6. The van der Waals surface area contributed by atoms with Crippen molar-refractivity contribution >= 4 is 18.2 Å².